The average Bonchev–Trinajstić information content (AvgIpc) is 3.10. The van der Waals surface area contributed by atoms with Crippen LogP contribution in [0.3, 0.4) is 0 Å². The van der Waals surface area contributed by atoms with E-state index in [-0.39, 0.29) is 11.9 Å². The van der Waals surface area contributed by atoms with Gasteiger partial charge in [0.15, 0.2) is 5.82 Å². The van der Waals surface area contributed by atoms with Crippen molar-refractivity contribution in [1.82, 2.24) is 20.1 Å². The topological polar surface area (TPSA) is 61.9 Å². The summed E-state index contributed by atoms with van der Waals surface area (Å²) in [5.74, 6) is 1.27. The van der Waals surface area contributed by atoms with Crippen LogP contribution in [0.15, 0.2) is 33.9 Å². The van der Waals surface area contributed by atoms with Crippen molar-refractivity contribution in [3.8, 4) is 11.4 Å². The predicted molar refractivity (Wildman–Crippen MR) is 109 cm³/mol. The molecule has 1 aromatic carbocycles. The Morgan fingerprint density at radius 3 is 2.73 bits per heavy atom. The number of benzene rings is 1. The molecule has 1 fully saturated rings. The fraction of sp³-hybridized carbons (Fsp3) is 0.526. The molecule has 1 aliphatic rings. The monoisotopic (exact) mass is 436 g/mol. The second-order valence-corrected chi connectivity index (χ2v) is 8.72. The summed E-state index contributed by atoms with van der Waals surface area (Å²) in [4.78, 5) is 19.4. The number of carbonyl (C=O) groups excluding carboxylic acids is 1. The highest BCUT2D eigenvalue weighted by Gasteiger charge is 2.27. The summed E-state index contributed by atoms with van der Waals surface area (Å²) in [5, 5.41) is 7.83. The third-order valence-electron chi connectivity index (χ3n) is 4.73. The summed E-state index contributed by atoms with van der Waals surface area (Å²) in [6, 6.07) is 8.49. The maximum absolute atomic E-state index is 12.8. The average molecular weight is 437 g/mol. The van der Waals surface area contributed by atoms with E-state index in [1.165, 1.54) is 31.0 Å². The molecule has 1 saturated carbocycles. The van der Waals surface area contributed by atoms with Crippen molar-refractivity contribution in [2.45, 2.75) is 63.2 Å². The summed E-state index contributed by atoms with van der Waals surface area (Å²) < 4.78 is 0.965. The van der Waals surface area contributed by atoms with Crippen LogP contribution in [-0.2, 0) is 4.79 Å². The lowest BCUT2D eigenvalue weighted by molar-refractivity contribution is -0.133. The van der Waals surface area contributed by atoms with Gasteiger partial charge in [0.05, 0.1) is 5.75 Å². The fourth-order valence-corrected chi connectivity index (χ4v) is 4.70. The first-order valence-electron chi connectivity index (χ1n) is 9.17. The molecule has 1 aromatic heterocycles. The molecule has 1 N–H and O–H groups in total. The molecule has 3 rings (SSSR count). The summed E-state index contributed by atoms with van der Waals surface area (Å²) in [6.45, 7) is 4.21. The zero-order chi connectivity index (χ0) is 18.5. The molecule has 0 unspecified atom stereocenters. The molecule has 5 nitrogen and oxygen atoms in total. The highest BCUT2D eigenvalue weighted by Crippen LogP contribution is 2.28. The van der Waals surface area contributed by atoms with Crippen molar-refractivity contribution in [3.63, 3.8) is 0 Å². The predicted octanol–water partition coefficient (Wildman–Crippen LogP) is 4.90. The number of halogens is 1. The Morgan fingerprint density at radius 1 is 1.31 bits per heavy atom. The van der Waals surface area contributed by atoms with E-state index in [2.05, 4.69) is 49.9 Å². The highest BCUT2D eigenvalue weighted by atomic mass is 79.9. The van der Waals surface area contributed by atoms with Gasteiger partial charge in [0.25, 0.3) is 0 Å². The minimum atomic E-state index is 0.184. The van der Waals surface area contributed by atoms with Gasteiger partial charge in [-0.05, 0) is 32.8 Å². The third-order valence-corrected chi connectivity index (χ3v) is 6.25. The van der Waals surface area contributed by atoms with Crippen LogP contribution in [0.1, 0.15) is 46.0 Å². The van der Waals surface area contributed by atoms with Crippen LogP contribution >= 0.6 is 27.7 Å². The van der Waals surface area contributed by atoms with Crippen molar-refractivity contribution in [2.75, 3.05) is 5.75 Å². The second-order valence-electron chi connectivity index (χ2n) is 6.92. The molecule has 7 heteroatoms. The molecular formula is C19H25BrN4OS. The number of hydrogen-bond acceptors (Lipinski definition) is 4. The summed E-state index contributed by atoms with van der Waals surface area (Å²) in [6.07, 6.45) is 6.00. The van der Waals surface area contributed by atoms with Crippen LogP contribution in [0.4, 0.5) is 0 Å². The number of aromatic nitrogens is 3. The highest BCUT2D eigenvalue weighted by molar-refractivity contribution is 9.10. The van der Waals surface area contributed by atoms with E-state index in [1.807, 2.05) is 24.3 Å². The molecule has 0 spiro atoms. The SMILES string of the molecule is CC(C)N(C(=O)CSc1n[nH]c(-c2ccccc2Br)n1)C1CCCCC1. The van der Waals surface area contributed by atoms with Gasteiger partial charge >= 0.3 is 0 Å². The van der Waals surface area contributed by atoms with Gasteiger partial charge < -0.3 is 4.90 Å². The van der Waals surface area contributed by atoms with Crippen LogP contribution in [0.25, 0.3) is 11.4 Å². The maximum Gasteiger partial charge on any atom is 0.233 e. The van der Waals surface area contributed by atoms with Gasteiger partial charge in [-0.3, -0.25) is 9.89 Å². The largest absolute Gasteiger partial charge is 0.337 e. The summed E-state index contributed by atoms with van der Waals surface area (Å²) in [7, 11) is 0. The lowest BCUT2D eigenvalue weighted by atomic mass is 9.93. The zero-order valence-corrected chi connectivity index (χ0v) is 17.6. The summed E-state index contributed by atoms with van der Waals surface area (Å²) >= 11 is 4.93. The first-order valence-corrected chi connectivity index (χ1v) is 11.0. The van der Waals surface area contributed by atoms with Gasteiger partial charge in [0.1, 0.15) is 0 Å². The smallest absolute Gasteiger partial charge is 0.233 e. The zero-order valence-electron chi connectivity index (χ0n) is 15.2. The number of amides is 1. The standard InChI is InChI=1S/C19H25BrN4OS/c1-13(2)24(14-8-4-3-5-9-14)17(25)12-26-19-21-18(22-23-19)15-10-6-7-11-16(15)20/h6-7,10-11,13-14H,3-5,8-9,12H2,1-2H3,(H,21,22,23). The van der Waals surface area contributed by atoms with Crippen LogP contribution in [0.5, 0.6) is 0 Å². The Morgan fingerprint density at radius 2 is 2.04 bits per heavy atom. The van der Waals surface area contributed by atoms with Gasteiger partial charge in [0.2, 0.25) is 11.1 Å². The molecule has 1 amide bonds. The van der Waals surface area contributed by atoms with Crippen molar-refractivity contribution >= 4 is 33.6 Å². The van der Waals surface area contributed by atoms with Gasteiger partial charge in [-0.2, -0.15) is 0 Å². The number of rotatable bonds is 6. The van der Waals surface area contributed by atoms with Gasteiger partial charge in [-0.15, -0.1) is 5.10 Å². The Labute approximate surface area is 167 Å². The van der Waals surface area contributed by atoms with Gasteiger partial charge in [0, 0.05) is 22.1 Å². The second kappa shape index (κ2) is 9.04. The van der Waals surface area contributed by atoms with E-state index in [0.717, 1.165) is 22.9 Å². The number of hydrogen-bond donors (Lipinski definition) is 1. The Kier molecular flexibility index (Phi) is 6.75. The minimum Gasteiger partial charge on any atom is -0.337 e. The van der Waals surface area contributed by atoms with Crippen LogP contribution in [-0.4, -0.2) is 43.8 Å². The Bertz CT molecular complexity index is 743. The van der Waals surface area contributed by atoms with Gasteiger partial charge in [-0.25, -0.2) is 4.98 Å². The van der Waals surface area contributed by atoms with E-state index in [4.69, 9.17) is 0 Å². The molecular weight excluding hydrogens is 412 g/mol. The molecule has 0 bridgehead atoms. The fourth-order valence-electron chi connectivity index (χ4n) is 3.56. The van der Waals surface area contributed by atoms with Crippen molar-refractivity contribution in [1.29, 1.82) is 0 Å². The lowest BCUT2D eigenvalue weighted by Gasteiger charge is -2.37. The van der Waals surface area contributed by atoms with Crippen molar-refractivity contribution < 1.29 is 4.79 Å². The molecule has 140 valence electrons. The van der Waals surface area contributed by atoms with E-state index in [9.17, 15) is 4.79 Å². The molecule has 0 aliphatic heterocycles. The molecule has 0 atom stereocenters. The first kappa shape index (κ1) is 19.4. The molecule has 1 aliphatic carbocycles. The molecule has 0 saturated heterocycles. The third kappa shape index (κ3) is 4.68. The first-order chi connectivity index (χ1) is 12.6. The number of nitrogens with zero attached hydrogens (tertiary/aromatic N) is 3. The summed E-state index contributed by atoms with van der Waals surface area (Å²) in [5.41, 5.74) is 0.962. The Balaban J connectivity index is 1.63. The molecule has 26 heavy (non-hydrogen) atoms. The van der Waals surface area contributed by atoms with E-state index in [0.29, 0.717) is 22.8 Å². The quantitative estimate of drug-likeness (QED) is 0.654. The molecule has 1 heterocycles. The number of carbonyl (C=O) groups is 1. The maximum atomic E-state index is 12.8. The normalized spacial score (nSPS) is 15.4. The number of aromatic amines is 1. The lowest BCUT2D eigenvalue weighted by Crippen LogP contribution is -2.46. The molecule has 0 radical (unpaired) electrons. The van der Waals surface area contributed by atoms with Gasteiger partial charge in [-0.1, -0.05) is 65.2 Å². The minimum absolute atomic E-state index is 0.184. The van der Waals surface area contributed by atoms with Crippen LogP contribution < -0.4 is 0 Å². The Hall–Kier alpha value is -1.34. The van der Waals surface area contributed by atoms with Crippen LogP contribution in [0.2, 0.25) is 0 Å². The van der Waals surface area contributed by atoms with Crippen molar-refractivity contribution in [3.05, 3.63) is 28.7 Å². The van der Waals surface area contributed by atoms with Crippen LogP contribution in [0, 0.1) is 0 Å². The van der Waals surface area contributed by atoms with E-state index >= 15 is 0 Å². The van der Waals surface area contributed by atoms with Crippen molar-refractivity contribution in [2.24, 2.45) is 0 Å². The number of nitrogens with one attached hydrogen (secondary N) is 1. The van der Waals surface area contributed by atoms with E-state index < -0.39 is 0 Å². The van der Waals surface area contributed by atoms with E-state index in [1.54, 1.807) is 0 Å². The number of H-pyrrole nitrogens is 1. The molecule has 2 aromatic rings. The number of thioether (sulfide) groups is 1.